The Labute approximate surface area is 183 Å². The maximum absolute atomic E-state index is 12.1. The molecular weight excluding hydrogens is 388 g/mol. The Hall–Kier alpha value is -2.95. The van der Waals surface area contributed by atoms with Crippen LogP contribution in [-0.4, -0.2) is 26.8 Å². The van der Waals surface area contributed by atoms with Gasteiger partial charge in [-0.2, -0.15) is 0 Å². The number of benzene rings is 1. The summed E-state index contributed by atoms with van der Waals surface area (Å²) in [6, 6.07) is 7.88. The van der Waals surface area contributed by atoms with Gasteiger partial charge < -0.3 is 10.3 Å². The molecule has 31 heavy (non-hydrogen) atoms. The summed E-state index contributed by atoms with van der Waals surface area (Å²) in [6.45, 7) is 11.1. The summed E-state index contributed by atoms with van der Waals surface area (Å²) < 4.78 is 0. The van der Waals surface area contributed by atoms with E-state index in [1.165, 1.54) is 11.1 Å². The van der Waals surface area contributed by atoms with Crippen LogP contribution in [0.2, 0.25) is 0 Å². The predicted octanol–water partition coefficient (Wildman–Crippen LogP) is 5.60. The summed E-state index contributed by atoms with van der Waals surface area (Å²) in [4.78, 5) is 16.5. The Balaban J connectivity index is 1.77. The molecule has 2 N–H and O–H groups in total. The van der Waals surface area contributed by atoms with Gasteiger partial charge in [-0.15, -0.1) is 0 Å². The highest BCUT2D eigenvalue weighted by Gasteiger charge is 2.38. The second-order valence-corrected chi connectivity index (χ2v) is 10.1. The molecule has 0 atom stereocenters. The highest BCUT2D eigenvalue weighted by molar-refractivity contribution is 6.23. The lowest BCUT2D eigenvalue weighted by Crippen LogP contribution is -2.34. The van der Waals surface area contributed by atoms with Gasteiger partial charge in [0.25, 0.3) is 0 Å². The minimum atomic E-state index is -0.0709. The van der Waals surface area contributed by atoms with E-state index >= 15 is 0 Å². The lowest BCUT2D eigenvalue weighted by molar-refractivity contribution is -0.113. The van der Waals surface area contributed by atoms with Crippen molar-refractivity contribution in [2.75, 3.05) is 0 Å². The van der Waals surface area contributed by atoms with Gasteiger partial charge in [0.2, 0.25) is 0 Å². The van der Waals surface area contributed by atoms with Crippen molar-refractivity contribution < 1.29 is 15.1 Å². The van der Waals surface area contributed by atoms with Gasteiger partial charge in [0.1, 0.15) is 11.5 Å². The van der Waals surface area contributed by atoms with Gasteiger partial charge in [-0.25, -0.2) is 0 Å². The van der Waals surface area contributed by atoms with Gasteiger partial charge in [0.15, 0.2) is 5.78 Å². The third kappa shape index (κ3) is 3.56. The number of fused-ring (bicyclic) bond motifs is 1. The fourth-order valence-electron chi connectivity index (χ4n) is 4.87. The van der Waals surface area contributed by atoms with Crippen molar-refractivity contribution >= 4 is 17.1 Å². The van der Waals surface area contributed by atoms with Crippen molar-refractivity contribution in [2.24, 2.45) is 5.16 Å². The summed E-state index contributed by atoms with van der Waals surface area (Å²) in [7, 11) is 0. The van der Waals surface area contributed by atoms with Crippen LogP contribution in [0.25, 0.3) is 5.57 Å². The van der Waals surface area contributed by atoms with Crippen molar-refractivity contribution in [2.45, 2.75) is 71.1 Å². The van der Waals surface area contributed by atoms with Gasteiger partial charge in [0.05, 0.1) is 11.3 Å². The number of aliphatic hydroxyl groups excluding tert-OH is 1. The number of aryl methyl sites for hydroxylation is 1. The first-order valence-electron chi connectivity index (χ1n) is 10.9. The molecule has 0 spiro atoms. The van der Waals surface area contributed by atoms with E-state index in [4.69, 9.17) is 0 Å². The van der Waals surface area contributed by atoms with Crippen LogP contribution in [0.5, 0.6) is 0 Å². The summed E-state index contributed by atoms with van der Waals surface area (Å²) in [5.41, 5.74) is 6.53. The van der Waals surface area contributed by atoms with Gasteiger partial charge >= 0.3 is 0 Å². The van der Waals surface area contributed by atoms with Crippen molar-refractivity contribution in [1.29, 1.82) is 0 Å². The molecule has 0 saturated carbocycles. The number of nitrogens with zero attached hydrogens (tertiary/aromatic N) is 2. The minimum Gasteiger partial charge on any atom is -0.512 e. The van der Waals surface area contributed by atoms with Crippen molar-refractivity contribution in [3.8, 4) is 0 Å². The molecule has 1 aromatic heterocycles. The van der Waals surface area contributed by atoms with Crippen LogP contribution in [0.3, 0.4) is 0 Å². The smallest absolute Gasteiger partial charge is 0.167 e. The highest BCUT2D eigenvalue weighted by Crippen LogP contribution is 2.46. The van der Waals surface area contributed by atoms with Crippen LogP contribution in [0, 0.1) is 6.92 Å². The number of aromatic nitrogens is 1. The van der Waals surface area contributed by atoms with E-state index in [-0.39, 0.29) is 22.4 Å². The van der Waals surface area contributed by atoms with Gasteiger partial charge in [-0.05, 0) is 59.4 Å². The number of pyridine rings is 1. The fraction of sp³-hybridized carbons (Fsp3) is 0.423. The molecule has 0 unspecified atom stereocenters. The van der Waals surface area contributed by atoms with Gasteiger partial charge in [-0.3, -0.25) is 9.78 Å². The summed E-state index contributed by atoms with van der Waals surface area (Å²) in [5.74, 6) is 0.0458. The zero-order chi connectivity index (χ0) is 22.6. The first kappa shape index (κ1) is 21.3. The fourth-order valence-corrected chi connectivity index (χ4v) is 4.87. The number of carbonyl (C=O) groups excluding carboxylic acids is 1. The molecule has 0 bridgehead atoms. The van der Waals surface area contributed by atoms with Crippen LogP contribution in [0.15, 0.2) is 41.4 Å². The van der Waals surface area contributed by atoms with Crippen LogP contribution in [0.1, 0.15) is 86.9 Å². The summed E-state index contributed by atoms with van der Waals surface area (Å²) >= 11 is 0. The van der Waals surface area contributed by atoms with Crippen molar-refractivity contribution in [3.63, 3.8) is 0 Å². The Morgan fingerprint density at radius 3 is 2.19 bits per heavy atom. The molecule has 162 valence electrons. The van der Waals surface area contributed by atoms with E-state index in [1.54, 1.807) is 18.3 Å². The topological polar surface area (TPSA) is 82.8 Å². The normalized spacial score (nSPS) is 20.2. The van der Waals surface area contributed by atoms with Crippen LogP contribution < -0.4 is 0 Å². The second-order valence-electron chi connectivity index (χ2n) is 10.1. The Morgan fingerprint density at radius 2 is 1.68 bits per heavy atom. The number of aliphatic hydroxyl groups is 1. The largest absolute Gasteiger partial charge is 0.512 e. The molecule has 1 heterocycles. The quantitative estimate of drug-likeness (QED) is 0.386. The molecule has 2 aromatic rings. The van der Waals surface area contributed by atoms with E-state index in [0.29, 0.717) is 35.4 Å². The SMILES string of the molecule is Cc1cc2c(cc1/C(=N\O)c1ccc(C3=C(O)CCC3=O)cn1)C(C)(C)CCC2(C)C. The predicted molar refractivity (Wildman–Crippen MR) is 122 cm³/mol. The maximum atomic E-state index is 12.1. The molecule has 0 fully saturated rings. The number of Topliss-reactive ketones (excluding diaryl/α,β-unsaturated/α-hetero) is 1. The Bertz CT molecular complexity index is 1120. The molecule has 4 rings (SSSR count). The maximum Gasteiger partial charge on any atom is 0.167 e. The average molecular weight is 419 g/mol. The molecule has 0 amide bonds. The number of oxime groups is 1. The van der Waals surface area contributed by atoms with Gasteiger partial charge in [0, 0.05) is 30.2 Å². The van der Waals surface area contributed by atoms with Crippen molar-refractivity contribution in [1.82, 2.24) is 4.98 Å². The second kappa shape index (κ2) is 7.33. The average Bonchev–Trinajstić information content (AvgIpc) is 3.06. The molecule has 2 aliphatic carbocycles. The molecule has 0 saturated heterocycles. The Morgan fingerprint density at radius 1 is 1.03 bits per heavy atom. The third-order valence-corrected chi connectivity index (χ3v) is 7.00. The first-order chi connectivity index (χ1) is 14.5. The molecule has 5 nitrogen and oxygen atoms in total. The van der Waals surface area contributed by atoms with Crippen LogP contribution in [0.4, 0.5) is 0 Å². The number of carbonyl (C=O) groups is 1. The first-order valence-corrected chi connectivity index (χ1v) is 10.9. The lowest BCUT2D eigenvalue weighted by Gasteiger charge is -2.42. The molecule has 1 aromatic carbocycles. The van der Waals surface area contributed by atoms with E-state index in [0.717, 1.165) is 24.0 Å². The minimum absolute atomic E-state index is 0.0397. The monoisotopic (exact) mass is 418 g/mol. The van der Waals surface area contributed by atoms with Crippen molar-refractivity contribution in [3.05, 3.63) is 69.7 Å². The number of hydrogen-bond donors (Lipinski definition) is 2. The molecule has 0 radical (unpaired) electrons. The highest BCUT2D eigenvalue weighted by atomic mass is 16.4. The number of hydrogen-bond acceptors (Lipinski definition) is 5. The lowest BCUT2D eigenvalue weighted by atomic mass is 9.62. The zero-order valence-corrected chi connectivity index (χ0v) is 18.9. The van der Waals surface area contributed by atoms with Crippen LogP contribution >= 0.6 is 0 Å². The number of ketones is 1. The Kier molecular flexibility index (Phi) is 5.03. The number of allylic oxidation sites excluding steroid dienone is 2. The number of rotatable bonds is 3. The molecule has 0 aliphatic heterocycles. The third-order valence-electron chi connectivity index (χ3n) is 7.00. The van der Waals surface area contributed by atoms with Crippen LogP contribution in [-0.2, 0) is 15.6 Å². The van der Waals surface area contributed by atoms with E-state index < -0.39 is 0 Å². The van der Waals surface area contributed by atoms with E-state index in [9.17, 15) is 15.1 Å². The summed E-state index contributed by atoms with van der Waals surface area (Å²) in [5, 5.41) is 23.5. The summed E-state index contributed by atoms with van der Waals surface area (Å²) in [6.07, 6.45) is 4.50. The molecule has 2 aliphatic rings. The molecular formula is C26H30N2O3. The standard InChI is InChI=1S/C26H30N2O3/c1-15-12-18-19(26(4,5)11-10-25(18,2)3)13-17(15)24(28-31)20-7-6-16(14-27-20)23-21(29)8-9-22(23)30/h6-7,12-14,29,31H,8-11H2,1-5H3/b28-24+. The van der Waals surface area contributed by atoms with E-state index in [1.807, 2.05) is 6.92 Å². The van der Waals surface area contributed by atoms with Gasteiger partial charge in [-0.1, -0.05) is 45.0 Å². The molecule has 5 heteroatoms. The van der Waals surface area contributed by atoms with E-state index in [2.05, 4.69) is 50.0 Å². The zero-order valence-electron chi connectivity index (χ0n) is 18.9.